The summed E-state index contributed by atoms with van der Waals surface area (Å²) in [5.74, 6) is -0.374. The number of nitrogens with zero attached hydrogens (tertiary/aromatic N) is 1. The maximum absolute atomic E-state index is 5.68. The monoisotopic (exact) mass is 293 g/mol. The number of methoxy groups -OCH3 is 2. The molecule has 2 fully saturated rings. The van der Waals surface area contributed by atoms with E-state index in [2.05, 4.69) is 35.2 Å². The Morgan fingerprint density at radius 2 is 1.90 bits per heavy atom. The molecule has 1 aromatic carbocycles. The smallest absolute Gasteiger partial charge is 0.170 e. The average Bonchev–Trinajstić information content (AvgIpc) is 2.90. The Hall–Kier alpha value is -0.550. The van der Waals surface area contributed by atoms with Crippen LogP contribution in [0.3, 0.4) is 0 Å². The average molecular weight is 293 g/mol. The highest BCUT2D eigenvalue weighted by Gasteiger charge is 2.46. The fourth-order valence-corrected chi connectivity index (χ4v) is 4.74. The van der Waals surface area contributed by atoms with E-state index in [1.165, 1.54) is 17.9 Å². The number of fused-ring (bicyclic) bond motifs is 1. The molecule has 0 aromatic heterocycles. The third-order valence-corrected chi connectivity index (χ3v) is 6.07. The molecule has 2 heterocycles. The van der Waals surface area contributed by atoms with E-state index in [1.807, 2.05) is 11.8 Å². The predicted molar refractivity (Wildman–Crippen MR) is 82.0 cm³/mol. The maximum atomic E-state index is 5.68. The van der Waals surface area contributed by atoms with Crippen LogP contribution >= 0.6 is 11.8 Å². The van der Waals surface area contributed by atoms with Crippen LogP contribution < -0.4 is 0 Å². The second-order valence-electron chi connectivity index (χ2n) is 5.63. The summed E-state index contributed by atoms with van der Waals surface area (Å²) in [5.41, 5.74) is 0. The van der Waals surface area contributed by atoms with Gasteiger partial charge in [-0.25, -0.2) is 0 Å². The van der Waals surface area contributed by atoms with Crippen LogP contribution in [0.15, 0.2) is 35.2 Å². The normalized spacial score (nSPS) is 29.3. The summed E-state index contributed by atoms with van der Waals surface area (Å²) in [6.07, 6.45) is 3.21. The minimum Gasteiger partial charge on any atom is -0.353 e. The fraction of sp³-hybridized carbons (Fsp3) is 0.625. The standard InChI is InChI=1S/C16H23NO2S/c1-18-16(19-2)9-11-17-10-8-15(14(17)12-16)20-13-6-4-3-5-7-13/h3-7,14-15H,8-12H2,1-2H3. The van der Waals surface area contributed by atoms with E-state index in [1.54, 1.807) is 14.2 Å². The number of hydrogen-bond donors (Lipinski definition) is 0. The van der Waals surface area contributed by atoms with Crippen molar-refractivity contribution >= 4 is 11.8 Å². The molecule has 0 radical (unpaired) electrons. The van der Waals surface area contributed by atoms with E-state index in [0.29, 0.717) is 11.3 Å². The molecule has 4 heteroatoms. The van der Waals surface area contributed by atoms with Crippen molar-refractivity contribution in [3.8, 4) is 0 Å². The third-order valence-electron chi connectivity index (χ3n) is 4.67. The Morgan fingerprint density at radius 1 is 1.15 bits per heavy atom. The van der Waals surface area contributed by atoms with Crippen molar-refractivity contribution < 1.29 is 9.47 Å². The van der Waals surface area contributed by atoms with Gasteiger partial charge in [-0.3, -0.25) is 4.90 Å². The Bertz CT molecular complexity index is 435. The number of hydrogen-bond acceptors (Lipinski definition) is 4. The van der Waals surface area contributed by atoms with Gasteiger partial charge in [0, 0.05) is 49.8 Å². The van der Waals surface area contributed by atoms with E-state index in [4.69, 9.17) is 9.47 Å². The molecule has 0 saturated carbocycles. The van der Waals surface area contributed by atoms with Gasteiger partial charge in [-0.05, 0) is 25.1 Å². The summed E-state index contributed by atoms with van der Waals surface area (Å²) in [6, 6.07) is 11.3. The lowest BCUT2D eigenvalue weighted by Gasteiger charge is -2.43. The molecule has 0 spiro atoms. The van der Waals surface area contributed by atoms with Gasteiger partial charge in [-0.1, -0.05) is 18.2 Å². The van der Waals surface area contributed by atoms with Gasteiger partial charge in [-0.2, -0.15) is 0 Å². The highest BCUT2D eigenvalue weighted by molar-refractivity contribution is 8.00. The topological polar surface area (TPSA) is 21.7 Å². The van der Waals surface area contributed by atoms with Gasteiger partial charge in [0.1, 0.15) is 0 Å². The van der Waals surface area contributed by atoms with E-state index >= 15 is 0 Å². The lowest BCUT2D eigenvalue weighted by atomic mass is 9.96. The van der Waals surface area contributed by atoms with Crippen LogP contribution in [0.5, 0.6) is 0 Å². The zero-order valence-corrected chi connectivity index (χ0v) is 13.1. The Balaban J connectivity index is 1.71. The molecule has 2 aliphatic heterocycles. The first-order valence-electron chi connectivity index (χ1n) is 7.32. The largest absolute Gasteiger partial charge is 0.353 e. The molecule has 2 saturated heterocycles. The molecule has 20 heavy (non-hydrogen) atoms. The van der Waals surface area contributed by atoms with Crippen molar-refractivity contribution in [2.24, 2.45) is 0 Å². The molecule has 2 aliphatic rings. The van der Waals surface area contributed by atoms with Gasteiger partial charge in [0.2, 0.25) is 0 Å². The zero-order chi connectivity index (χ0) is 14.0. The second kappa shape index (κ2) is 6.06. The van der Waals surface area contributed by atoms with Gasteiger partial charge < -0.3 is 9.47 Å². The lowest BCUT2D eigenvalue weighted by Crippen LogP contribution is -2.51. The quantitative estimate of drug-likeness (QED) is 0.796. The third kappa shape index (κ3) is 2.75. The van der Waals surface area contributed by atoms with E-state index < -0.39 is 0 Å². The predicted octanol–water partition coefficient (Wildman–Crippen LogP) is 3.00. The SMILES string of the molecule is COC1(OC)CCN2CCC(Sc3ccccc3)C2C1. The Kier molecular flexibility index (Phi) is 4.36. The molecule has 2 unspecified atom stereocenters. The fourth-order valence-electron chi connectivity index (χ4n) is 3.42. The van der Waals surface area contributed by atoms with Gasteiger partial charge in [0.05, 0.1) is 0 Å². The van der Waals surface area contributed by atoms with Crippen molar-refractivity contribution in [3.63, 3.8) is 0 Å². The van der Waals surface area contributed by atoms with Crippen LogP contribution in [0.4, 0.5) is 0 Å². The van der Waals surface area contributed by atoms with E-state index in [0.717, 1.165) is 19.4 Å². The van der Waals surface area contributed by atoms with Gasteiger partial charge in [-0.15, -0.1) is 11.8 Å². The van der Waals surface area contributed by atoms with Gasteiger partial charge in [0.25, 0.3) is 0 Å². The molecule has 3 rings (SSSR count). The minimum absolute atomic E-state index is 0.374. The summed E-state index contributed by atoms with van der Waals surface area (Å²) in [7, 11) is 3.54. The summed E-state index contributed by atoms with van der Waals surface area (Å²) >= 11 is 2.01. The van der Waals surface area contributed by atoms with Crippen molar-refractivity contribution in [3.05, 3.63) is 30.3 Å². The van der Waals surface area contributed by atoms with E-state index in [-0.39, 0.29) is 5.79 Å². The summed E-state index contributed by atoms with van der Waals surface area (Å²) in [6.45, 7) is 2.29. The van der Waals surface area contributed by atoms with Gasteiger partial charge in [0.15, 0.2) is 5.79 Å². The number of piperidine rings is 1. The zero-order valence-electron chi connectivity index (χ0n) is 12.2. The summed E-state index contributed by atoms with van der Waals surface area (Å²) in [4.78, 5) is 3.97. The van der Waals surface area contributed by atoms with Crippen molar-refractivity contribution in [2.45, 2.75) is 41.2 Å². The Labute approximate surface area is 125 Å². The lowest BCUT2D eigenvalue weighted by molar-refractivity contribution is -0.235. The van der Waals surface area contributed by atoms with Crippen LogP contribution in [0.2, 0.25) is 0 Å². The first-order chi connectivity index (χ1) is 9.76. The number of rotatable bonds is 4. The molecule has 3 nitrogen and oxygen atoms in total. The number of ether oxygens (including phenoxy) is 2. The molecule has 0 N–H and O–H groups in total. The van der Waals surface area contributed by atoms with Crippen LogP contribution in [-0.4, -0.2) is 49.3 Å². The van der Waals surface area contributed by atoms with Crippen molar-refractivity contribution in [1.29, 1.82) is 0 Å². The van der Waals surface area contributed by atoms with Crippen LogP contribution in [0.1, 0.15) is 19.3 Å². The van der Waals surface area contributed by atoms with Crippen LogP contribution in [0, 0.1) is 0 Å². The number of thioether (sulfide) groups is 1. The second-order valence-corrected chi connectivity index (χ2v) is 6.95. The highest BCUT2D eigenvalue weighted by Crippen LogP contribution is 2.42. The Morgan fingerprint density at radius 3 is 2.60 bits per heavy atom. The molecule has 0 amide bonds. The molecule has 1 aromatic rings. The summed E-state index contributed by atoms with van der Waals surface area (Å²) < 4.78 is 11.4. The minimum atomic E-state index is -0.374. The first-order valence-corrected chi connectivity index (χ1v) is 8.20. The van der Waals surface area contributed by atoms with Crippen molar-refractivity contribution in [2.75, 3.05) is 27.3 Å². The maximum Gasteiger partial charge on any atom is 0.170 e. The molecule has 0 aliphatic carbocycles. The molecule has 110 valence electrons. The molecule has 0 bridgehead atoms. The number of benzene rings is 1. The van der Waals surface area contributed by atoms with Crippen LogP contribution in [-0.2, 0) is 9.47 Å². The molecular formula is C16H23NO2S. The summed E-state index contributed by atoms with van der Waals surface area (Å²) in [5, 5.41) is 0.641. The van der Waals surface area contributed by atoms with E-state index in [9.17, 15) is 0 Å². The van der Waals surface area contributed by atoms with Crippen LogP contribution in [0.25, 0.3) is 0 Å². The molecule has 2 atom stereocenters. The van der Waals surface area contributed by atoms with Crippen molar-refractivity contribution in [1.82, 2.24) is 4.90 Å². The highest BCUT2D eigenvalue weighted by atomic mass is 32.2. The molecular weight excluding hydrogens is 270 g/mol. The van der Waals surface area contributed by atoms with Gasteiger partial charge >= 0.3 is 0 Å². The first kappa shape index (κ1) is 14.4.